The molecule has 33 heavy (non-hydrogen) atoms. The van der Waals surface area contributed by atoms with Crippen molar-refractivity contribution < 1.29 is 22.0 Å². The number of amides is 1. The van der Waals surface area contributed by atoms with Crippen LogP contribution in [0.25, 0.3) is 0 Å². The number of aryl methyl sites for hydroxylation is 2. The molecule has 0 bridgehead atoms. The van der Waals surface area contributed by atoms with Gasteiger partial charge in [0.25, 0.3) is 15.9 Å². The van der Waals surface area contributed by atoms with Gasteiger partial charge in [0, 0.05) is 22.0 Å². The number of hydrogen-bond acceptors (Lipinski definition) is 5. The molecule has 172 valence electrons. The van der Waals surface area contributed by atoms with Gasteiger partial charge in [-0.25, -0.2) is 4.39 Å². The van der Waals surface area contributed by atoms with Crippen LogP contribution in [-0.4, -0.2) is 20.0 Å². The van der Waals surface area contributed by atoms with E-state index in [0.717, 1.165) is 22.2 Å². The normalized spacial score (nSPS) is 14.7. The lowest BCUT2D eigenvalue weighted by atomic mass is 9.93. The smallest absolute Gasteiger partial charge is 0.291 e. The Kier molecular flexibility index (Phi) is 6.40. The third-order valence-electron chi connectivity index (χ3n) is 5.33. The molecule has 0 saturated carbocycles. The number of sulfonamides is 1. The quantitative estimate of drug-likeness (QED) is 0.447. The first-order valence-corrected chi connectivity index (χ1v) is 12.5. The fourth-order valence-corrected chi connectivity index (χ4v) is 5.10. The molecule has 4 rings (SSSR count). The number of nitrogens with one attached hydrogen (secondary N) is 2. The number of carbonyl (C=O) groups is 1. The van der Waals surface area contributed by atoms with E-state index in [4.69, 9.17) is 4.42 Å². The Morgan fingerprint density at radius 3 is 2.55 bits per heavy atom. The van der Waals surface area contributed by atoms with Gasteiger partial charge < -0.3 is 9.73 Å². The van der Waals surface area contributed by atoms with E-state index in [0.29, 0.717) is 47.5 Å². The Labute approximate surface area is 199 Å². The standard InChI is InChI=1S/C23H21BrFN3O4S/c1-13-6-11-18(17(24)12-13)26-23(29)22-14(2)21-19(4-3-5-20(21)32-22)27-28-33(30,31)16-9-7-15(25)8-10-16/h6-12,28H,3-5H2,1-2H3,(H,26,29)/b27-19+. The molecule has 10 heteroatoms. The Bertz CT molecular complexity index is 1370. The van der Waals surface area contributed by atoms with Crippen LogP contribution in [0.2, 0.25) is 0 Å². The van der Waals surface area contributed by atoms with Gasteiger partial charge in [0.1, 0.15) is 11.6 Å². The Morgan fingerprint density at radius 1 is 1.12 bits per heavy atom. The average molecular weight is 534 g/mol. The van der Waals surface area contributed by atoms with Gasteiger partial charge in [-0.05, 0) is 84.6 Å². The first-order valence-electron chi connectivity index (χ1n) is 10.2. The van der Waals surface area contributed by atoms with Crippen molar-refractivity contribution in [1.82, 2.24) is 4.83 Å². The van der Waals surface area contributed by atoms with Crippen molar-refractivity contribution in [1.29, 1.82) is 0 Å². The van der Waals surface area contributed by atoms with Crippen molar-refractivity contribution >= 4 is 43.3 Å². The maximum absolute atomic E-state index is 13.1. The van der Waals surface area contributed by atoms with Gasteiger partial charge in [0.2, 0.25) is 0 Å². The van der Waals surface area contributed by atoms with Gasteiger partial charge in [-0.15, -0.1) is 0 Å². The maximum Gasteiger partial charge on any atom is 0.291 e. The second kappa shape index (κ2) is 9.11. The van der Waals surface area contributed by atoms with Crippen LogP contribution in [0.1, 0.15) is 45.8 Å². The lowest BCUT2D eigenvalue weighted by Crippen LogP contribution is -2.22. The third kappa shape index (κ3) is 4.86. The van der Waals surface area contributed by atoms with Crippen molar-refractivity contribution in [3.63, 3.8) is 0 Å². The molecule has 0 spiro atoms. The first-order chi connectivity index (χ1) is 15.7. The minimum absolute atomic E-state index is 0.100. The SMILES string of the molecule is Cc1ccc(NC(=O)c2oc3c(c2C)/C(=N/NS(=O)(=O)c2ccc(F)cc2)CCC3)c(Br)c1. The Morgan fingerprint density at radius 2 is 1.85 bits per heavy atom. The molecular formula is C23H21BrFN3O4S. The van der Waals surface area contributed by atoms with Crippen LogP contribution in [-0.2, 0) is 16.4 Å². The van der Waals surface area contributed by atoms with Crippen molar-refractivity contribution in [3.8, 4) is 0 Å². The van der Waals surface area contributed by atoms with Crippen LogP contribution < -0.4 is 10.1 Å². The van der Waals surface area contributed by atoms with E-state index >= 15 is 0 Å². The zero-order chi connectivity index (χ0) is 23.8. The maximum atomic E-state index is 13.1. The van der Waals surface area contributed by atoms with Gasteiger partial charge in [-0.2, -0.15) is 18.4 Å². The molecule has 7 nitrogen and oxygen atoms in total. The average Bonchev–Trinajstić information content (AvgIpc) is 3.12. The van der Waals surface area contributed by atoms with Gasteiger partial charge in [-0.3, -0.25) is 4.79 Å². The molecule has 0 atom stereocenters. The number of rotatable bonds is 5. The monoisotopic (exact) mass is 533 g/mol. The fraction of sp³-hybridized carbons (Fsp3) is 0.217. The van der Waals surface area contributed by atoms with Crippen LogP contribution >= 0.6 is 15.9 Å². The number of fused-ring (bicyclic) bond motifs is 1. The summed E-state index contributed by atoms with van der Waals surface area (Å²) in [5.74, 6) is -0.192. The molecule has 1 amide bonds. The largest absolute Gasteiger partial charge is 0.455 e. The summed E-state index contributed by atoms with van der Waals surface area (Å²) in [5, 5.41) is 6.96. The van der Waals surface area contributed by atoms with E-state index in [-0.39, 0.29) is 10.7 Å². The number of hydrazone groups is 1. The molecule has 1 aliphatic rings. The van der Waals surface area contributed by atoms with Crippen LogP contribution in [0, 0.1) is 19.7 Å². The second-order valence-corrected chi connectivity index (χ2v) is 10.3. The molecule has 1 aliphatic carbocycles. The summed E-state index contributed by atoms with van der Waals surface area (Å²) in [6, 6.07) is 10.0. The van der Waals surface area contributed by atoms with Crippen LogP contribution in [0.5, 0.6) is 0 Å². The zero-order valence-corrected chi connectivity index (χ0v) is 20.3. The van der Waals surface area contributed by atoms with E-state index in [1.165, 1.54) is 12.1 Å². The highest BCUT2D eigenvalue weighted by atomic mass is 79.9. The number of anilines is 1. The Balaban J connectivity index is 1.60. The highest BCUT2D eigenvalue weighted by Crippen LogP contribution is 2.31. The highest BCUT2D eigenvalue weighted by Gasteiger charge is 2.28. The molecule has 1 aromatic heterocycles. The lowest BCUT2D eigenvalue weighted by Gasteiger charge is -2.14. The Hall–Kier alpha value is -2.98. The summed E-state index contributed by atoms with van der Waals surface area (Å²) in [5.41, 5.74) is 3.37. The summed E-state index contributed by atoms with van der Waals surface area (Å²) in [6.07, 6.45) is 1.83. The molecule has 0 aliphatic heterocycles. The number of benzene rings is 2. The zero-order valence-electron chi connectivity index (χ0n) is 17.9. The summed E-state index contributed by atoms with van der Waals surface area (Å²) in [6.45, 7) is 3.70. The van der Waals surface area contributed by atoms with Crippen LogP contribution in [0.15, 0.2) is 61.4 Å². The molecule has 2 aromatic carbocycles. The van der Waals surface area contributed by atoms with Gasteiger partial charge in [0.15, 0.2) is 5.76 Å². The fourth-order valence-electron chi connectivity index (χ4n) is 3.68. The first kappa shape index (κ1) is 23.2. The minimum Gasteiger partial charge on any atom is -0.455 e. The number of carbonyl (C=O) groups excluding carboxylic acids is 1. The van der Waals surface area contributed by atoms with E-state index in [9.17, 15) is 17.6 Å². The van der Waals surface area contributed by atoms with Gasteiger partial charge in [-0.1, -0.05) is 6.07 Å². The predicted octanol–water partition coefficient (Wildman–Crippen LogP) is 5.07. The summed E-state index contributed by atoms with van der Waals surface area (Å²) < 4.78 is 44.8. The molecule has 2 N–H and O–H groups in total. The van der Waals surface area contributed by atoms with Crippen molar-refractivity contribution in [2.45, 2.75) is 38.0 Å². The van der Waals surface area contributed by atoms with E-state index in [1.54, 1.807) is 13.0 Å². The van der Waals surface area contributed by atoms with Crippen molar-refractivity contribution in [2.75, 3.05) is 5.32 Å². The van der Waals surface area contributed by atoms with E-state index in [1.807, 2.05) is 19.1 Å². The number of furan rings is 1. The topological polar surface area (TPSA) is 101 Å². The van der Waals surface area contributed by atoms with Gasteiger partial charge >= 0.3 is 0 Å². The second-order valence-electron chi connectivity index (χ2n) is 7.75. The minimum atomic E-state index is -3.97. The predicted molar refractivity (Wildman–Crippen MR) is 126 cm³/mol. The van der Waals surface area contributed by atoms with Crippen molar-refractivity contribution in [3.05, 3.63) is 81.0 Å². The van der Waals surface area contributed by atoms with Crippen molar-refractivity contribution in [2.24, 2.45) is 5.10 Å². The summed E-state index contributed by atoms with van der Waals surface area (Å²) in [7, 11) is -3.97. The van der Waals surface area contributed by atoms with E-state index in [2.05, 4.69) is 31.2 Å². The number of nitrogens with zero attached hydrogens (tertiary/aromatic N) is 1. The summed E-state index contributed by atoms with van der Waals surface area (Å²) in [4.78, 5) is 15.0. The number of hydrogen-bond donors (Lipinski definition) is 2. The molecule has 0 saturated heterocycles. The number of halogens is 2. The molecule has 0 unspecified atom stereocenters. The van der Waals surface area contributed by atoms with Crippen LogP contribution in [0.3, 0.4) is 0 Å². The van der Waals surface area contributed by atoms with Gasteiger partial charge in [0.05, 0.1) is 16.3 Å². The van der Waals surface area contributed by atoms with E-state index < -0.39 is 21.7 Å². The lowest BCUT2D eigenvalue weighted by molar-refractivity contribution is 0.0994. The molecule has 0 radical (unpaired) electrons. The summed E-state index contributed by atoms with van der Waals surface area (Å²) >= 11 is 3.45. The molecular weight excluding hydrogens is 513 g/mol. The molecule has 1 heterocycles. The molecule has 0 fully saturated rings. The van der Waals surface area contributed by atoms with Crippen LogP contribution in [0.4, 0.5) is 10.1 Å². The molecule has 3 aromatic rings. The third-order valence-corrected chi connectivity index (χ3v) is 7.21. The highest BCUT2D eigenvalue weighted by molar-refractivity contribution is 9.10.